The fourth-order valence-electron chi connectivity index (χ4n) is 1.88. The number of amides is 1. The standard InChI is InChI=1S/C8H15NO3/c1-4(10)6-3-8(6,5(2)11)7(9)12/h4-6,10-11H,3H2,1-2H3,(H2,9,12)/t4?,5?,6-,8?/m0/s1. The first-order valence-electron chi connectivity index (χ1n) is 4.09. The molecule has 4 heteroatoms. The maximum atomic E-state index is 11.0. The quantitative estimate of drug-likeness (QED) is 0.524. The van der Waals surface area contributed by atoms with E-state index in [1.807, 2.05) is 0 Å². The van der Waals surface area contributed by atoms with Crippen molar-refractivity contribution in [2.24, 2.45) is 17.1 Å². The van der Waals surface area contributed by atoms with Gasteiger partial charge in [-0.25, -0.2) is 0 Å². The van der Waals surface area contributed by atoms with E-state index in [9.17, 15) is 15.0 Å². The zero-order chi connectivity index (χ0) is 9.52. The van der Waals surface area contributed by atoms with E-state index in [4.69, 9.17) is 5.73 Å². The fraction of sp³-hybridized carbons (Fsp3) is 0.875. The summed E-state index contributed by atoms with van der Waals surface area (Å²) in [6, 6.07) is 0. The van der Waals surface area contributed by atoms with E-state index < -0.39 is 23.5 Å². The van der Waals surface area contributed by atoms with E-state index in [0.717, 1.165) is 0 Å². The molecule has 0 aromatic carbocycles. The van der Waals surface area contributed by atoms with Crippen LogP contribution in [-0.2, 0) is 4.79 Å². The maximum absolute atomic E-state index is 11.0. The molecule has 4 nitrogen and oxygen atoms in total. The van der Waals surface area contributed by atoms with Gasteiger partial charge in [0, 0.05) is 5.92 Å². The summed E-state index contributed by atoms with van der Waals surface area (Å²) in [6.07, 6.45) is -0.848. The van der Waals surface area contributed by atoms with Crippen molar-refractivity contribution >= 4 is 5.91 Å². The highest BCUT2D eigenvalue weighted by atomic mass is 16.3. The van der Waals surface area contributed by atoms with Gasteiger partial charge in [-0.1, -0.05) is 0 Å². The number of aliphatic hydroxyl groups excluding tert-OH is 2. The van der Waals surface area contributed by atoms with E-state index in [2.05, 4.69) is 0 Å². The lowest BCUT2D eigenvalue weighted by Crippen LogP contribution is -2.37. The SMILES string of the molecule is CC(O)[C@@H]1CC1(C(N)=O)C(C)O. The van der Waals surface area contributed by atoms with Crippen molar-refractivity contribution < 1.29 is 15.0 Å². The predicted octanol–water partition coefficient (Wildman–Crippen LogP) is -0.760. The molecule has 4 atom stereocenters. The first-order valence-corrected chi connectivity index (χ1v) is 4.09. The Labute approximate surface area is 71.4 Å². The first kappa shape index (κ1) is 9.48. The lowest BCUT2D eigenvalue weighted by molar-refractivity contribution is -0.128. The Balaban J connectivity index is 2.76. The van der Waals surface area contributed by atoms with E-state index in [1.165, 1.54) is 6.92 Å². The number of aliphatic hydroxyl groups is 2. The van der Waals surface area contributed by atoms with E-state index in [-0.39, 0.29) is 5.92 Å². The summed E-state index contributed by atoms with van der Waals surface area (Å²) in [5.41, 5.74) is 4.28. The summed E-state index contributed by atoms with van der Waals surface area (Å²) in [5.74, 6) is -0.682. The topological polar surface area (TPSA) is 83.5 Å². The molecule has 1 fully saturated rings. The minimum Gasteiger partial charge on any atom is -0.393 e. The van der Waals surface area contributed by atoms with Crippen LogP contribution >= 0.6 is 0 Å². The Morgan fingerprint density at radius 2 is 2.08 bits per heavy atom. The Morgan fingerprint density at radius 1 is 1.58 bits per heavy atom. The Morgan fingerprint density at radius 3 is 2.17 bits per heavy atom. The van der Waals surface area contributed by atoms with Crippen LogP contribution in [-0.4, -0.2) is 28.3 Å². The predicted molar refractivity (Wildman–Crippen MR) is 43.1 cm³/mol. The molecule has 0 aliphatic heterocycles. The molecule has 4 N–H and O–H groups in total. The van der Waals surface area contributed by atoms with Gasteiger partial charge in [0.15, 0.2) is 0 Å². The average molecular weight is 173 g/mol. The number of primary amides is 1. The van der Waals surface area contributed by atoms with Crippen molar-refractivity contribution in [2.45, 2.75) is 32.5 Å². The van der Waals surface area contributed by atoms with Crippen LogP contribution in [0.2, 0.25) is 0 Å². The van der Waals surface area contributed by atoms with Gasteiger partial charge in [0.05, 0.1) is 17.6 Å². The molecule has 0 radical (unpaired) electrons. The smallest absolute Gasteiger partial charge is 0.226 e. The Bertz CT molecular complexity index is 202. The number of nitrogens with two attached hydrogens (primary N) is 1. The summed E-state index contributed by atoms with van der Waals surface area (Å²) in [4.78, 5) is 11.0. The largest absolute Gasteiger partial charge is 0.393 e. The van der Waals surface area contributed by atoms with Crippen LogP contribution in [0.5, 0.6) is 0 Å². The third-order valence-corrected chi connectivity index (χ3v) is 2.85. The summed E-state index contributed by atoms with van der Waals surface area (Å²) < 4.78 is 0. The Hall–Kier alpha value is -0.610. The second kappa shape index (κ2) is 2.71. The molecule has 1 saturated carbocycles. The van der Waals surface area contributed by atoms with Gasteiger partial charge in [0.1, 0.15) is 0 Å². The number of carbonyl (C=O) groups is 1. The first-order chi connectivity index (χ1) is 5.43. The number of hydrogen-bond acceptors (Lipinski definition) is 3. The zero-order valence-corrected chi connectivity index (χ0v) is 7.32. The van der Waals surface area contributed by atoms with Crippen LogP contribution in [0.4, 0.5) is 0 Å². The fourth-order valence-corrected chi connectivity index (χ4v) is 1.88. The Kier molecular flexibility index (Phi) is 2.14. The van der Waals surface area contributed by atoms with E-state index in [0.29, 0.717) is 6.42 Å². The third-order valence-electron chi connectivity index (χ3n) is 2.85. The second-order valence-electron chi connectivity index (χ2n) is 3.63. The van der Waals surface area contributed by atoms with Crippen molar-refractivity contribution in [1.82, 2.24) is 0 Å². The highest BCUT2D eigenvalue weighted by Crippen LogP contribution is 2.56. The van der Waals surface area contributed by atoms with Crippen molar-refractivity contribution in [2.75, 3.05) is 0 Å². The van der Waals surface area contributed by atoms with Crippen LogP contribution in [0.25, 0.3) is 0 Å². The highest BCUT2D eigenvalue weighted by Gasteiger charge is 2.63. The number of rotatable bonds is 3. The van der Waals surface area contributed by atoms with E-state index in [1.54, 1.807) is 6.92 Å². The molecule has 0 spiro atoms. The van der Waals surface area contributed by atoms with Gasteiger partial charge in [0.25, 0.3) is 0 Å². The molecule has 1 aliphatic carbocycles. The molecule has 0 aromatic heterocycles. The van der Waals surface area contributed by atoms with Crippen LogP contribution in [0.3, 0.4) is 0 Å². The molecule has 0 aromatic rings. The van der Waals surface area contributed by atoms with Gasteiger partial charge in [-0.2, -0.15) is 0 Å². The molecular weight excluding hydrogens is 158 g/mol. The van der Waals surface area contributed by atoms with Crippen LogP contribution in [0, 0.1) is 11.3 Å². The van der Waals surface area contributed by atoms with Gasteiger partial charge >= 0.3 is 0 Å². The van der Waals surface area contributed by atoms with Crippen LogP contribution in [0.1, 0.15) is 20.3 Å². The van der Waals surface area contributed by atoms with E-state index >= 15 is 0 Å². The molecule has 0 heterocycles. The van der Waals surface area contributed by atoms with Gasteiger partial charge in [0.2, 0.25) is 5.91 Å². The molecule has 12 heavy (non-hydrogen) atoms. The highest BCUT2D eigenvalue weighted by molar-refractivity contribution is 5.85. The third kappa shape index (κ3) is 1.11. The van der Waals surface area contributed by atoms with Crippen molar-refractivity contribution in [1.29, 1.82) is 0 Å². The van der Waals surface area contributed by atoms with Gasteiger partial charge in [-0.05, 0) is 20.3 Å². The maximum Gasteiger partial charge on any atom is 0.226 e. The molecule has 70 valence electrons. The minimum absolute atomic E-state index is 0.171. The summed E-state index contributed by atoms with van der Waals surface area (Å²) in [7, 11) is 0. The summed E-state index contributed by atoms with van der Waals surface area (Å²) in [5, 5.41) is 18.5. The minimum atomic E-state index is -0.867. The molecular formula is C8H15NO3. The van der Waals surface area contributed by atoms with Gasteiger partial charge < -0.3 is 15.9 Å². The molecule has 3 unspecified atom stereocenters. The summed E-state index contributed by atoms with van der Waals surface area (Å²) in [6.45, 7) is 3.14. The van der Waals surface area contributed by atoms with Crippen molar-refractivity contribution in [3.8, 4) is 0 Å². The summed E-state index contributed by atoms with van der Waals surface area (Å²) >= 11 is 0. The molecule has 1 aliphatic rings. The second-order valence-corrected chi connectivity index (χ2v) is 3.63. The number of carbonyl (C=O) groups excluding carboxylic acids is 1. The molecule has 1 amide bonds. The molecule has 0 bridgehead atoms. The average Bonchev–Trinajstić information content (AvgIpc) is 2.60. The van der Waals surface area contributed by atoms with Gasteiger partial charge in [-0.15, -0.1) is 0 Å². The normalized spacial score (nSPS) is 38.8. The van der Waals surface area contributed by atoms with Crippen molar-refractivity contribution in [3.05, 3.63) is 0 Å². The molecule has 0 saturated heterocycles. The zero-order valence-electron chi connectivity index (χ0n) is 7.32. The molecule has 1 rings (SSSR count). The number of hydrogen-bond donors (Lipinski definition) is 3. The van der Waals surface area contributed by atoms with Crippen LogP contribution < -0.4 is 5.73 Å². The monoisotopic (exact) mass is 173 g/mol. The van der Waals surface area contributed by atoms with Crippen molar-refractivity contribution in [3.63, 3.8) is 0 Å². The lowest BCUT2D eigenvalue weighted by atomic mass is 9.94. The van der Waals surface area contributed by atoms with Gasteiger partial charge in [-0.3, -0.25) is 4.79 Å². The van der Waals surface area contributed by atoms with Crippen LogP contribution in [0.15, 0.2) is 0 Å². The lowest BCUT2D eigenvalue weighted by Gasteiger charge is -2.17.